The summed E-state index contributed by atoms with van der Waals surface area (Å²) in [4.78, 5) is 15.7. The minimum absolute atomic E-state index is 0.0600. The number of aryl methyl sites for hydroxylation is 1. The number of hydrogen-bond acceptors (Lipinski definition) is 2. The Morgan fingerprint density at radius 2 is 2.22 bits per heavy atom. The van der Waals surface area contributed by atoms with Gasteiger partial charge in [0.05, 0.1) is 6.04 Å². The number of nitrogens with two attached hydrogens (primary N) is 1. The van der Waals surface area contributed by atoms with Gasteiger partial charge in [0.15, 0.2) is 0 Å². The fourth-order valence-corrected chi connectivity index (χ4v) is 2.76. The second kappa shape index (κ2) is 5.28. The van der Waals surface area contributed by atoms with Gasteiger partial charge >= 0.3 is 6.03 Å². The van der Waals surface area contributed by atoms with E-state index in [1.54, 1.807) is 4.90 Å². The van der Waals surface area contributed by atoms with Crippen LogP contribution in [0.25, 0.3) is 0 Å². The maximum absolute atomic E-state index is 12.1. The molecule has 1 unspecified atom stereocenters. The Labute approximate surface area is 116 Å². The second-order valence-corrected chi connectivity index (χ2v) is 5.56. The van der Waals surface area contributed by atoms with E-state index in [9.17, 15) is 4.79 Å². The van der Waals surface area contributed by atoms with Gasteiger partial charge in [-0.25, -0.2) is 4.79 Å². The van der Waals surface area contributed by atoms with Crippen LogP contribution in [-0.2, 0) is 0 Å². The van der Waals surface area contributed by atoms with Crippen LogP contribution in [0, 0.1) is 6.92 Å². The maximum atomic E-state index is 12.1. The van der Waals surface area contributed by atoms with Crippen molar-refractivity contribution in [3.05, 3.63) is 33.8 Å². The summed E-state index contributed by atoms with van der Waals surface area (Å²) < 4.78 is 1.04. The third kappa shape index (κ3) is 2.37. The molecule has 98 valence electrons. The summed E-state index contributed by atoms with van der Waals surface area (Å²) in [5, 5.41) is 0. The van der Waals surface area contributed by atoms with Crippen LogP contribution in [0.5, 0.6) is 0 Å². The number of amides is 2. The van der Waals surface area contributed by atoms with E-state index in [0.717, 1.165) is 4.47 Å². The molecule has 0 aromatic heterocycles. The molecule has 2 rings (SSSR count). The SMILES string of the molecule is Cc1ccc(Br)cc1C1CN(CCN)C(=O)N1C. The van der Waals surface area contributed by atoms with Gasteiger partial charge in [-0.15, -0.1) is 0 Å². The van der Waals surface area contributed by atoms with Crippen molar-refractivity contribution < 1.29 is 4.79 Å². The smallest absolute Gasteiger partial charge is 0.320 e. The zero-order valence-electron chi connectivity index (χ0n) is 10.7. The molecule has 18 heavy (non-hydrogen) atoms. The first kappa shape index (κ1) is 13.4. The highest BCUT2D eigenvalue weighted by Crippen LogP contribution is 2.31. The number of likely N-dealkylation sites (N-methyl/N-ethyl adjacent to an activating group) is 1. The van der Waals surface area contributed by atoms with E-state index in [1.165, 1.54) is 11.1 Å². The van der Waals surface area contributed by atoms with Gasteiger partial charge in [0.1, 0.15) is 0 Å². The van der Waals surface area contributed by atoms with Crippen molar-refractivity contribution in [2.24, 2.45) is 5.73 Å². The Hall–Kier alpha value is -1.07. The quantitative estimate of drug-likeness (QED) is 0.929. The number of urea groups is 1. The molecule has 1 aromatic rings. The predicted molar refractivity (Wildman–Crippen MR) is 75.4 cm³/mol. The molecule has 4 nitrogen and oxygen atoms in total. The van der Waals surface area contributed by atoms with Crippen molar-refractivity contribution in [2.45, 2.75) is 13.0 Å². The van der Waals surface area contributed by atoms with Gasteiger partial charge in [0, 0.05) is 31.2 Å². The molecule has 2 N–H and O–H groups in total. The Morgan fingerprint density at radius 3 is 2.89 bits per heavy atom. The standard InChI is InChI=1S/C13H18BrN3O/c1-9-3-4-10(14)7-11(9)12-8-17(6-5-15)13(18)16(12)2/h3-4,7,12H,5-6,8,15H2,1-2H3. The Kier molecular flexibility index (Phi) is 3.92. The molecule has 1 aliphatic rings. The first-order valence-corrected chi connectivity index (χ1v) is 6.81. The molecular formula is C13H18BrN3O. The van der Waals surface area contributed by atoms with Crippen molar-refractivity contribution in [2.75, 3.05) is 26.7 Å². The van der Waals surface area contributed by atoms with Crippen LogP contribution in [0.2, 0.25) is 0 Å². The van der Waals surface area contributed by atoms with Crippen molar-refractivity contribution in [3.63, 3.8) is 0 Å². The molecule has 1 aromatic carbocycles. The summed E-state index contributed by atoms with van der Waals surface area (Å²) in [5.41, 5.74) is 7.93. The summed E-state index contributed by atoms with van der Waals surface area (Å²) in [6.45, 7) is 3.91. The molecule has 2 amide bonds. The third-order valence-corrected chi connectivity index (χ3v) is 3.93. The minimum Gasteiger partial charge on any atom is -0.329 e. The summed E-state index contributed by atoms with van der Waals surface area (Å²) in [7, 11) is 1.85. The van der Waals surface area contributed by atoms with Gasteiger partial charge in [0.2, 0.25) is 0 Å². The number of halogens is 1. The fourth-order valence-electron chi connectivity index (χ4n) is 2.39. The van der Waals surface area contributed by atoms with Gasteiger partial charge in [-0.3, -0.25) is 0 Å². The Bertz CT molecular complexity index is 464. The molecule has 1 saturated heterocycles. The molecule has 0 radical (unpaired) electrons. The molecule has 1 fully saturated rings. The van der Waals surface area contributed by atoms with E-state index in [4.69, 9.17) is 5.73 Å². The van der Waals surface area contributed by atoms with E-state index in [-0.39, 0.29) is 12.1 Å². The minimum atomic E-state index is 0.0600. The van der Waals surface area contributed by atoms with Crippen molar-refractivity contribution in [1.29, 1.82) is 0 Å². The highest BCUT2D eigenvalue weighted by Gasteiger charge is 2.35. The van der Waals surface area contributed by atoms with Crippen LogP contribution < -0.4 is 5.73 Å². The van der Waals surface area contributed by atoms with Gasteiger partial charge in [0.25, 0.3) is 0 Å². The van der Waals surface area contributed by atoms with E-state index in [0.29, 0.717) is 19.6 Å². The number of carbonyl (C=O) groups excluding carboxylic acids is 1. The van der Waals surface area contributed by atoms with Crippen LogP contribution in [-0.4, -0.2) is 42.5 Å². The van der Waals surface area contributed by atoms with Crippen LogP contribution in [0.1, 0.15) is 17.2 Å². The summed E-state index contributed by atoms with van der Waals surface area (Å²) in [6.07, 6.45) is 0. The number of hydrogen-bond donors (Lipinski definition) is 1. The predicted octanol–water partition coefficient (Wildman–Crippen LogP) is 2.12. The Balaban J connectivity index is 2.29. The number of nitrogens with zero attached hydrogens (tertiary/aromatic N) is 2. The van der Waals surface area contributed by atoms with E-state index < -0.39 is 0 Å². The maximum Gasteiger partial charge on any atom is 0.320 e. The lowest BCUT2D eigenvalue weighted by Crippen LogP contribution is -2.33. The highest BCUT2D eigenvalue weighted by atomic mass is 79.9. The van der Waals surface area contributed by atoms with Crippen LogP contribution in [0.4, 0.5) is 4.79 Å². The molecular weight excluding hydrogens is 294 g/mol. The molecule has 0 saturated carbocycles. The average Bonchev–Trinajstić information content (AvgIpc) is 2.61. The molecule has 0 bridgehead atoms. The van der Waals surface area contributed by atoms with Gasteiger partial charge in [-0.1, -0.05) is 22.0 Å². The fraction of sp³-hybridized carbons (Fsp3) is 0.462. The van der Waals surface area contributed by atoms with E-state index in [1.807, 2.05) is 18.0 Å². The van der Waals surface area contributed by atoms with Gasteiger partial charge < -0.3 is 15.5 Å². The lowest BCUT2D eigenvalue weighted by atomic mass is 10.0. The van der Waals surface area contributed by atoms with Gasteiger partial charge in [-0.05, 0) is 30.2 Å². The first-order valence-electron chi connectivity index (χ1n) is 6.02. The first-order chi connectivity index (χ1) is 8.54. The lowest BCUT2D eigenvalue weighted by molar-refractivity contribution is 0.196. The average molecular weight is 312 g/mol. The molecule has 1 atom stereocenters. The zero-order chi connectivity index (χ0) is 13.3. The number of benzene rings is 1. The second-order valence-electron chi connectivity index (χ2n) is 4.64. The monoisotopic (exact) mass is 311 g/mol. The molecule has 0 aliphatic carbocycles. The topological polar surface area (TPSA) is 49.6 Å². The van der Waals surface area contributed by atoms with Crippen LogP contribution in [0.15, 0.2) is 22.7 Å². The number of rotatable bonds is 3. The Morgan fingerprint density at radius 1 is 1.50 bits per heavy atom. The van der Waals surface area contributed by atoms with E-state index in [2.05, 4.69) is 35.0 Å². The molecule has 1 heterocycles. The summed E-state index contributed by atoms with van der Waals surface area (Å²) in [5.74, 6) is 0. The summed E-state index contributed by atoms with van der Waals surface area (Å²) in [6, 6.07) is 6.36. The van der Waals surface area contributed by atoms with Crippen LogP contribution >= 0.6 is 15.9 Å². The van der Waals surface area contributed by atoms with Crippen molar-refractivity contribution in [3.8, 4) is 0 Å². The largest absolute Gasteiger partial charge is 0.329 e. The molecule has 5 heteroatoms. The van der Waals surface area contributed by atoms with Gasteiger partial charge in [-0.2, -0.15) is 0 Å². The van der Waals surface area contributed by atoms with Crippen molar-refractivity contribution >= 4 is 22.0 Å². The molecule has 1 aliphatic heterocycles. The normalized spacial score (nSPS) is 19.8. The highest BCUT2D eigenvalue weighted by molar-refractivity contribution is 9.10. The van der Waals surface area contributed by atoms with E-state index >= 15 is 0 Å². The van der Waals surface area contributed by atoms with Crippen LogP contribution in [0.3, 0.4) is 0 Å². The lowest BCUT2D eigenvalue weighted by Gasteiger charge is -2.20. The zero-order valence-corrected chi connectivity index (χ0v) is 12.3. The molecule has 0 spiro atoms. The third-order valence-electron chi connectivity index (χ3n) is 3.43. The number of carbonyl (C=O) groups is 1. The summed E-state index contributed by atoms with van der Waals surface area (Å²) >= 11 is 3.49. The van der Waals surface area contributed by atoms with Crippen molar-refractivity contribution in [1.82, 2.24) is 9.80 Å².